The van der Waals surface area contributed by atoms with Gasteiger partial charge in [0.25, 0.3) is 0 Å². The summed E-state index contributed by atoms with van der Waals surface area (Å²) in [6.07, 6.45) is 0.746. The molecule has 1 aliphatic heterocycles. The van der Waals surface area contributed by atoms with Crippen LogP contribution in [0.25, 0.3) is 0 Å². The van der Waals surface area contributed by atoms with Crippen molar-refractivity contribution >= 4 is 0 Å². The fourth-order valence-electron chi connectivity index (χ4n) is 1.85. The number of benzene rings is 1. The monoisotopic (exact) mass is 188 g/mol. The van der Waals surface area contributed by atoms with E-state index in [9.17, 15) is 0 Å². The third-order valence-electron chi connectivity index (χ3n) is 2.65. The summed E-state index contributed by atoms with van der Waals surface area (Å²) in [5, 5.41) is 21.2. The van der Waals surface area contributed by atoms with Crippen LogP contribution in [0.2, 0.25) is 0 Å². The highest BCUT2D eigenvalue weighted by molar-refractivity contribution is 5.44. The van der Waals surface area contributed by atoms with E-state index in [1.54, 1.807) is 0 Å². The van der Waals surface area contributed by atoms with E-state index in [2.05, 4.69) is 11.4 Å². The number of nitrogens with zero attached hydrogens (tertiary/aromatic N) is 1. The second kappa shape index (κ2) is 3.79. The summed E-state index contributed by atoms with van der Waals surface area (Å²) in [6.45, 7) is 0.870. The smallest absolute Gasteiger partial charge is 0.0994 e. The van der Waals surface area contributed by atoms with Crippen LogP contribution in [0.15, 0.2) is 18.2 Å². The predicted octanol–water partition coefficient (Wildman–Crippen LogP) is 0.565. The van der Waals surface area contributed by atoms with Gasteiger partial charge in [-0.2, -0.15) is 5.26 Å². The zero-order valence-electron chi connectivity index (χ0n) is 7.83. The Morgan fingerprint density at radius 2 is 2.43 bits per heavy atom. The predicted molar refractivity (Wildman–Crippen MR) is 52.6 cm³/mol. The van der Waals surface area contributed by atoms with Crippen molar-refractivity contribution in [3.63, 3.8) is 0 Å². The van der Waals surface area contributed by atoms with Gasteiger partial charge in [0.15, 0.2) is 0 Å². The number of aliphatic hydroxyl groups excluding tert-OH is 1. The number of nitriles is 1. The van der Waals surface area contributed by atoms with E-state index < -0.39 is 0 Å². The van der Waals surface area contributed by atoms with Gasteiger partial charge in [-0.25, -0.2) is 0 Å². The van der Waals surface area contributed by atoms with Gasteiger partial charge in [0, 0.05) is 12.6 Å². The van der Waals surface area contributed by atoms with Crippen LogP contribution in [0.4, 0.5) is 0 Å². The molecule has 14 heavy (non-hydrogen) atoms. The maximum atomic E-state index is 9.03. The molecule has 0 aliphatic carbocycles. The van der Waals surface area contributed by atoms with Crippen molar-refractivity contribution in [2.45, 2.75) is 19.0 Å². The fraction of sp³-hybridized carbons (Fsp3) is 0.364. The molecule has 3 nitrogen and oxygen atoms in total. The molecule has 0 bridgehead atoms. The van der Waals surface area contributed by atoms with Gasteiger partial charge in [-0.05, 0) is 23.6 Å². The third-order valence-corrected chi connectivity index (χ3v) is 2.65. The van der Waals surface area contributed by atoms with Crippen molar-refractivity contribution < 1.29 is 5.11 Å². The first-order valence-corrected chi connectivity index (χ1v) is 4.70. The molecule has 0 radical (unpaired) electrons. The van der Waals surface area contributed by atoms with Gasteiger partial charge in [0.05, 0.1) is 18.2 Å². The van der Waals surface area contributed by atoms with E-state index in [1.165, 1.54) is 5.56 Å². The molecule has 2 rings (SSSR count). The van der Waals surface area contributed by atoms with Crippen molar-refractivity contribution in [1.29, 1.82) is 5.26 Å². The van der Waals surface area contributed by atoms with Crippen LogP contribution in [0, 0.1) is 11.3 Å². The molecule has 3 heteroatoms. The van der Waals surface area contributed by atoms with Crippen molar-refractivity contribution in [3.8, 4) is 6.07 Å². The van der Waals surface area contributed by atoms with Crippen LogP contribution in [0.1, 0.15) is 16.7 Å². The zero-order valence-corrected chi connectivity index (χ0v) is 7.83. The Kier molecular flexibility index (Phi) is 2.49. The van der Waals surface area contributed by atoms with E-state index in [0.29, 0.717) is 0 Å². The van der Waals surface area contributed by atoms with Gasteiger partial charge in [-0.1, -0.05) is 12.1 Å². The summed E-state index contributed by atoms with van der Waals surface area (Å²) < 4.78 is 0. The van der Waals surface area contributed by atoms with Gasteiger partial charge in [-0.3, -0.25) is 0 Å². The van der Waals surface area contributed by atoms with Crippen LogP contribution < -0.4 is 5.32 Å². The highest BCUT2D eigenvalue weighted by Gasteiger charge is 2.19. The lowest BCUT2D eigenvalue weighted by Gasteiger charge is -2.25. The topological polar surface area (TPSA) is 56.0 Å². The van der Waals surface area contributed by atoms with Crippen LogP contribution in [-0.2, 0) is 13.0 Å². The first kappa shape index (κ1) is 9.20. The van der Waals surface area contributed by atoms with Gasteiger partial charge in [0.1, 0.15) is 0 Å². The molecular formula is C11H12N2O. The molecular weight excluding hydrogens is 176 g/mol. The first-order chi connectivity index (χ1) is 6.85. The molecule has 72 valence electrons. The number of hydrogen-bond donors (Lipinski definition) is 2. The molecule has 0 spiro atoms. The maximum absolute atomic E-state index is 9.03. The van der Waals surface area contributed by atoms with Crippen LogP contribution in [-0.4, -0.2) is 17.8 Å². The molecule has 0 amide bonds. The number of aliphatic hydroxyl groups is 1. The largest absolute Gasteiger partial charge is 0.395 e. The molecule has 0 aromatic heterocycles. The first-order valence-electron chi connectivity index (χ1n) is 4.70. The molecule has 0 unspecified atom stereocenters. The second-order valence-corrected chi connectivity index (χ2v) is 3.52. The second-order valence-electron chi connectivity index (χ2n) is 3.52. The van der Waals surface area contributed by atoms with Crippen molar-refractivity contribution in [3.05, 3.63) is 34.9 Å². The lowest BCUT2D eigenvalue weighted by molar-refractivity contribution is 0.236. The quantitative estimate of drug-likeness (QED) is 0.677. The summed E-state index contributed by atoms with van der Waals surface area (Å²) in [7, 11) is 0. The molecule has 1 atom stereocenters. The van der Waals surface area contributed by atoms with E-state index in [4.69, 9.17) is 10.4 Å². The molecule has 1 aromatic rings. The summed E-state index contributed by atoms with van der Waals surface area (Å²) in [6, 6.07) is 8.04. The Hall–Kier alpha value is -1.37. The SMILES string of the molecule is N#Cc1cccc2c1C[C@H](CO)NC2. The van der Waals surface area contributed by atoms with E-state index >= 15 is 0 Å². The van der Waals surface area contributed by atoms with Gasteiger partial charge in [-0.15, -0.1) is 0 Å². The molecule has 1 heterocycles. The minimum atomic E-state index is 0.0944. The molecule has 2 N–H and O–H groups in total. The standard InChI is InChI=1S/C11H12N2O/c12-5-8-2-1-3-9-6-13-10(7-14)4-11(8)9/h1-3,10,13-14H,4,6-7H2/t10-/m1/s1. The van der Waals surface area contributed by atoms with E-state index in [0.717, 1.165) is 24.1 Å². The molecule has 0 saturated carbocycles. The van der Waals surface area contributed by atoms with Crippen LogP contribution >= 0.6 is 0 Å². The third kappa shape index (κ3) is 1.50. The van der Waals surface area contributed by atoms with Crippen LogP contribution in [0.3, 0.4) is 0 Å². The summed E-state index contributed by atoms with van der Waals surface area (Å²) in [5.41, 5.74) is 3.00. The highest BCUT2D eigenvalue weighted by atomic mass is 16.3. The lowest BCUT2D eigenvalue weighted by atomic mass is 9.92. The van der Waals surface area contributed by atoms with E-state index in [-0.39, 0.29) is 12.6 Å². The molecule has 1 aromatic carbocycles. The molecule has 0 fully saturated rings. The summed E-state index contributed by atoms with van der Waals surface area (Å²) >= 11 is 0. The Bertz CT molecular complexity index is 381. The Morgan fingerprint density at radius 3 is 3.14 bits per heavy atom. The number of fused-ring (bicyclic) bond motifs is 1. The normalized spacial score (nSPS) is 19.9. The average molecular weight is 188 g/mol. The van der Waals surface area contributed by atoms with Crippen LogP contribution in [0.5, 0.6) is 0 Å². The van der Waals surface area contributed by atoms with Gasteiger partial charge < -0.3 is 10.4 Å². The zero-order chi connectivity index (χ0) is 9.97. The Morgan fingerprint density at radius 1 is 1.57 bits per heavy atom. The lowest BCUT2D eigenvalue weighted by Crippen LogP contribution is -2.38. The minimum Gasteiger partial charge on any atom is -0.395 e. The maximum Gasteiger partial charge on any atom is 0.0994 e. The summed E-state index contributed by atoms with van der Waals surface area (Å²) in [4.78, 5) is 0. The van der Waals surface area contributed by atoms with E-state index in [1.807, 2.05) is 18.2 Å². The molecule has 1 aliphatic rings. The summed E-state index contributed by atoms with van der Waals surface area (Å²) in [5.74, 6) is 0. The van der Waals surface area contributed by atoms with Crippen molar-refractivity contribution in [2.24, 2.45) is 0 Å². The number of rotatable bonds is 1. The van der Waals surface area contributed by atoms with Gasteiger partial charge in [0.2, 0.25) is 0 Å². The van der Waals surface area contributed by atoms with Crippen molar-refractivity contribution in [2.75, 3.05) is 6.61 Å². The minimum absolute atomic E-state index is 0.0944. The Balaban J connectivity index is 2.39. The number of hydrogen-bond acceptors (Lipinski definition) is 3. The average Bonchev–Trinajstić information content (AvgIpc) is 2.27. The van der Waals surface area contributed by atoms with Crippen molar-refractivity contribution in [1.82, 2.24) is 5.32 Å². The number of nitrogens with one attached hydrogen (secondary N) is 1. The van der Waals surface area contributed by atoms with Gasteiger partial charge >= 0.3 is 0 Å². The fourth-order valence-corrected chi connectivity index (χ4v) is 1.85. The highest BCUT2D eigenvalue weighted by Crippen LogP contribution is 2.20. The molecule has 0 saturated heterocycles. The Labute approximate surface area is 83.0 Å².